The van der Waals surface area contributed by atoms with Crippen LogP contribution in [0.1, 0.15) is 11.3 Å². The SMILES string of the molecule is Cc1cc2c(N(C)Cc3ccncc3)ccc(N)c2cn1. The lowest BCUT2D eigenvalue weighted by atomic mass is 10.1. The second kappa shape index (κ2) is 5.40. The molecule has 106 valence electrons. The topological polar surface area (TPSA) is 55.0 Å². The van der Waals surface area contributed by atoms with Crippen LogP contribution in [0.5, 0.6) is 0 Å². The number of hydrogen-bond acceptors (Lipinski definition) is 4. The van der Waals surface area contributed by atoms with Crippen LogP contribution in [0.15, 0.2) is 48.9 Å². The Labute approximate surface area is 124 Å². The van der Waals surface area contributed by atoms with Crippen molar-refractivity contribution in [1.29, 1.82) is 0 Å². The van der Waals surface area contributed by atoms with Crippen LogP contribution < -0.4 is 10.6 Å². The molecule has 0 saturated carbocycles. The molecule has 0 aliphatic heterocycles. The molecule has 3 rings (SSSR count). The van der Waals surface area contributed by atoms with Gasteiger partial charge in [-0.15, -0.1) is 0 Å². The molecule has 0 atom stereocenters. The van der Waals surface area contributed by atoms with Crippen molar-refractivity contribution in [1.82, 2.24) is 9.97 Å². The van der Waals surface area contributed by atoms with Crippen molar-refractivity contribution in [3.8, 4) is 0 Å². The molecule has 0 unspecified atom stereocenters. The Morgan fingerprint density at radius 1 is 1.10 bits per heavy atom. The zero-order valence-electron chi connectivity index (χ0n) is 12.2. The van der Waals surface area contributed by atoms with Gasteiger partial charge in [0.2, 0.25) is 0 Å². The molecule has 1 aromatic carbocycles. The minimum Gasteiger partial charge on any atom is -0.398 e. The number of nitrogens with zero attached hydrogens (tertiary/aromatic N) is 3. The van der Waals surface area contributed by atoms with E-state index in [4.69, 9.17) is 5.73 Å². The molecule has 3 aromatic rings. The number of fused-ring (bicyclic) bond motifs is 1. The van der Waals surface area contributed by atoms with E-state index in [2.05, 4.69) is 34.0 Å². The summed E-state index contributed by atoms with van der Waals surface area (Å²) in [6.07, 6.45) is 5.49. The van der Waals surface area contributed by atoms with Crippen molar-refractivity contribution in [2.75, 3.05) is 17.7 Å². The molecule has 4 nitrogen and oxygen atoms in total. The average Bonchev–Trinajstić information content (AvgIpc) is 2.48. The van der Waals surface area contributed by atoms with E-state index in [9.17, 15) is 0 Å². The number of aryl methyl sites for hydroxylation is 1. The van der Waals surface area contributed by atoms with Gasteiger partial charge in [0, 0.05) is 60.0 Å². The first kappa shape index (κ1) is 13.4. The summed E-state index contributed by atoms with van der Waals surface area (Å²) in [7, 11) is 2.08. The molecule has 21 heavy (non-hydrogen) atoms. The second-order valence-corrected chi connectivity index (χ2v) is 5.26. The van der Waals surface area contributed by atoms with Crippen LogP contribution in [0, 0.1) is 6.92 Å². The molecule has 0 spiro atoms. The van der Waals surface area contributed by atoms with Gasteiger partial charge in [-0.05, 0) is 42.8 Å². The lowest BCUT2D eigenvalue weighted by Crippen LogP contribution is -2.16. The van der Waals surface area contributed by atoms with Crippen molar-refractivity contribution < 1.29 is 0 Å². The number of nitrogens with two attached hydrogens (primary N) is 1. The fourth-order valence-electron chi connectivity index (χ4n) is 2.53. The smallest absolute Gasteiger partial charge is 0.0449 e. The second-order valence-electron chi connectivity index (χ2n) is 5.26. The third kappa shape index (κ3) is 2.65. The van der Waals surface area contributed by atoms with Crippen molar-refractivity contribution >= 4 is 22.1 Å². The first-order chi connectivity index (χ1) is 10.1. The minimum atomic E-state index is 0.763. The molecular weight excluding hydrogens is 260 g/mol. The third-order valence-electron chi connectivity index (χ3n) is 3.63. The Kier molecular flexibility index (Phi) is 3.44. The van der Waals surface area contributed by atoms with Crippen LogP contribution in [0.3, 0.4) is 0 Å². The van der Waals surface area contributed by atoms with Gasteiger partial charge in [-0.2, -0.15) is 0 Å². The van der Waals surface area contributed by atoms with Gasteiger partial charge in [-0.25, -0.2) is 0 Å². The maximum atomic E-state index is 6.06. The van der Waals surface area contributed by atoms with Crippen molar-refractivity contribution in [2.24, 2.45) is 0 Å². The van der Waals surface area contributed by atoms with Gasteiger partial charge >= 0.3 is 0 Å². The Morgan fingerprint density at radius 2 is 1.86 bits per heavy atom. The maximum Gasteiger partial charge on any atom is 0.0449 e. The van der Waals surface area contributed by atoms with Crippen LogP contribution >= 0.6 is 0 Å². The predicted octanol–water partition coefficient (Wildman–Crippen LogP) is 3.16. The van der Waals surface area contributed by atoms with Crippen molar-refractivity contribution in [2.45, 2.75) is 13.5 Å². The summed E-state index contributed by atoms with van der Waals surface area (Å²) in [5, 5.41) is 2.14. The first-order valence-electron chi connectivity index (χ1n) is 6.90. The summed E-state index contributed by atoms with van der Waals surface area (Å²) in [4.78, 5) is 10.6. The van der Waals surface area contributed by atoms with E-state index in [-0.39, 0.29) is 0 Å². The Morgan fingerprint density at radius 3 is 2.62 bits per heavy atom. The summed E-state index contributed by atoms with van der Waals surface area (Å²) in [5.74, 6) is 0. The molecule has 0 fully saturated rings. The molecule has 2 N–H and O–H groups in total. The van der Waals surface area contributed by atoms with Crippen molar-refractivity contribution in [3.05, 3.63) is 60.2 Å². The molecule has 0 radical (unpaired) electrons. The number of hydrogen-bond donors (Lipinski definition) is 1. The molecule has 0 saturated heterocycles. The van der Waals surface area contributed by atoms with Crippen LogP contribution in [0.4, 0.5) is 11.4 Å². The minimum absolute atomic E-state index is 0.763. The summed E-state index contributed by atoms with van der Waals surface area (Å²) in [5.41, 5.74) is 10.2. The molecule has 0 aliphatic carbocycles. The molecule has 2 heterocycles. The summed E-state index contributed by atoms with van der Waals surface area (Å²) in [6.45, 7) is 2.82. The average molecular weight is 278 g/mol. The van der Waals surface area contributed by atoms with Gasteiger partial charge in [0.05, 0.1) is 0 Å². The zero-order chi connectivity index (χ0) is 14.8. The molecule has 4 heteroatoms. The number of pyridine rings is 2. The van der Waals surface area contributed by atoms with Crippen LogP contribution in [0.25, 0.3) is 10.8 Å². The molecule has 0 amide bonds. The number of benzene rings is 1. The summed E-state index contributed by atoms with van der Waals surface area (Å²) in [6, 6.07) is 10.2. The quantitative estimate of drug-likeness (QED) is 0.748. The van der Waals surface area contributed by atoms with Gasteiger partial charge in [-0.3, -0.25) is 9.97 Å². The highest BCUT2D eigenvalue weighted by atomic mass is 15.1. The van der Waals surface area contributed by atoms with Gasteiger partial charge in [0.25, 0.3) is 0 Å². The van der Waals surface area contributed by atoms with Gasteiger partial charge in [-0.1, -0.05) is 0 Å². The zero-order valence-corrected chi connectivity index (χ0v) is 12.2. The standard InChI is InChI=1S/C17H18N4/c1-12-9-14-15(10-20-12)16(18)3-4-17(14)21(2)11-13-5-7-19-8-6-13/h3-10H,11,18H2,1-2H3. The van der Waals surface area contributed by atoms with Gasteiger partial charge in [0.1, 0.15) is 0 Å². The van der Waals surface area contributed by atoms with Gasteiger partial charge in [0.15, 0.2) is 0 Å². The van der Waals surface area contributed by atoms with E-state index < -0.39 is 0 Å². The normalized spacial score (nSPS) is 10.8. The fraction of sp³-hybridized carbons (Fsp3) is 0.176. The molecule has 0 bridgehead atoms. The molecular formula is C17H18N4. The van der Waals surface area contributed by atoms with Crippen LogP contribution in [-0.4, -0.2) is 17.0 Å². The molecule has 0 aliphatic rings. The number of nitrogen functional groups attached to an aromatic ring is 1. The summed E-state index contributed by atoms with van der Waals surface area (Å²) < 4.78 is 0. The Balaban J connectivity index is 2.03. The lowest BCUT2D eigenvalue weighted by Gasteiger charge is -2.22. The lowest BCUT2D eigenvalue weighted by molar-refractivity contribution is 0.924. The number of aromatic nitrogens is 2. The number of anilines is 2. The van der Waals surface area contributed by atoms with Gasteiger partial charge < -0.3 is 10.6 Å². The summed E-state index contributed by atoms with van der Waals surface area (Å²) >= 11 is 0. The fourth-order valence-corrected chi connectivity index (χ4v) is 2.53. The monoisotopic (exact) mass is 278 g/mol. The van der Waals surface area contributed by atoms with E-state index in [0.29, 0.717) is 0 Å². The van der Waals surface area contributed by atoms with E-state index in [1.807, 2.05) is 43.7 Å². The largest absolute Gasteiger partial charge is 0.398 e. The van der Waals surface area contributed by atoms with E-state index in [1.54, 1.807) is 0 Å². The first-order valence-corrected chi connectivity index (χ1v) is 6.90. The Hall–Kier alpha value is -2.62. The van der Waals surface area contributed by atoms with Crippen molar-refractivity contribution in [3.63, 3.8) is 0 Å². The highest BCUT2D eigenvalue weighted by Gasteiger charge is 2.09. The number of rotatable bonds is 3. The maximum absolute atomic E-state index is 6.06. The van der Waals surface area contributed by atoms with E-state index >= 15 is 0 Å². The third-order valence-corrected chi connectivity index (χ3v) is 3.63. The highest BCUT2D eigenvalue weighted by Crippen LogP contribution is 2.31. The van der Waals surface area contributed by atoms with E-state index in [0.717, 1.165) is 34.4 Å². The molecule has 2 aromatic heterocycles. The van der Waals surface area contributed by atoms with Crippen LogP contribution in [-0.2, 0) is 6.54 Å². The van der Waals surface area contributed by atoms with Crippen LogP contribution in [0.2, 0.25) is 0 Å². The van der Waals surface area contributed by atoms with E-state index in [1.165, 1.54) is 5.56 Å². The Bertz CT molecular complexity index is 768. The predicted molar refractivity (Wildman–Crippen MR) is 87.2 cm³/mol. The highest BCUT2D eigenvalue weighted by molar-refractivity contribution is 6.01.